The summed E-state index contributed by atoms with van der Waals surface area (Å²) in [5.41, 5.74) is 0.339. The number of nitrogens with zero attached hydrogens (tertiary/aromatic N) is 1. The average molecular weight is 299 g/mol. The molecule has 1 unspecified atom stereocenters. The van der Waals surface area contributed by atoms with Gasteiger partial charge in [-0.25, -0.2) is 0 Å². The van der Waals surface area contributed by atoms with Gasteiger partial charge in [0, 0.05) is 37.8 Å². The van der Waals surface area contributed by atoms with E-state index < -0.39 is 0 Å². The maximum Gasteiger partial charge on any atom is 0.0593 e. The number of nitrogens with one attached hydrogen (secondary N) is 1. The molecule has 1 N–H and O–H groups in total. The Morgan fingerprint density at radius 3 is 2.48 bits per heavy atom. The summed E-state index contributed by atoms with van der Waals surface area (Å²) < 4.78 is 5.86. The zero-order chi connectivity index (χ0) is 15.7. The van der Waals surface area contributed by atoms with Crippen LogP contribution in [0.2, 0.25) is 0 Å². The third kappa shape index (κ3) is 5.88. The molecule has 1 fully saturated rings. The van der Waals surface area contributed by atoms with E-state index in [1.165, 1.54) is 38.6 Å². The minimum Gasteiger partial charge on any atom is -0.380 e. The van der Waals surface area contributed by atoms with E-state index >= 15 is 0 Å². The minimum atomic E-state index is 0.339. The van der Waals surface area contributed by atoms with E-state index in [-0.39, 0.29) is 0 Å². The SMILES string of the molecule is CCCC1CN(CCOCCC(C)C)C(CC)(CC)CN1. The molecule has 0 radical (unpaired) electrons. The van der Waals surface area contributed by atoms with Crippen molar-refractivity contribution < 1.29 is 4.74 Å². The fraction of sp³-hybridized carbons (Fsp3) is 1.00. The van der Waals surface area contributed by atoms with Crippen LogP contribution >= 0.6 is 0 Å². The van der Waals surface area contributed by atoms with Gasteiger partial charge in [-0.15, -0.1) is 0 Å². The molecule has 1 atom stereocenters. The second-order valence-corrected chi connectivity index (χ2v) is 7.04. The first-order chi connectivity index (χ1) is 10.1. The summed E-state index contributed by atoms with van der Waals surface area (Å²) in [5, 5.41) is 3.78. The zero-order valence-corrected chi connectivity index (χ0v) is 15.1. The van der Waals surface area contributed by atoms with Gasteiger partial charge in [-0.05, 0) is 31.6 Å². The highest BCUT2D eigenvalue weighted by Gasteiger charge is 2.38. The van der Waals surface area contributed by atoms with Crippen LogP contribution in [0.3, 0.4) is 0 Å². The van der Waals surface area contributed by atoms with Gasteiger partial charge >= 0.3 is 0 Å². The highest BCUT2D eigenvalue weighted by atomic mass is 16.5. The van der Waals surface area contributed by atoms with Crippen LogP contribution in [0, 0.1) is 5.92 Å². The minimum absolute atomic E-state index is 0.339. The van der Waals surface area contributed by atoms with Gasteiger partial charge in [0.15, 0.2) is 0 Å². The summed E-state index contributed by atoms with van der Waals surface area (Å²) in [6.07, 6.45) is 6.17. The number of piperazine rings is 1. The van der Waals surface area contributed by atoms with E-state index in [1.807, 2.05) is 0 Å². The molecule has 0 aromatic carbocycles. The van der Waals surface area contributed by atoms with Gasteiger partial charge in [0.05, 0.1) is 6.61 Å². The van der Waals surface area contributed by atoms with E-state index in [9.17, 15) is 0 Å². The molecule has 1 heterocycles. The van der Waals surface area contributed by atoms with Crippen LogP contribution in [0.5, 0.6) is 0 Å². The summed E-state index contributed by atoms with van der Waals surface area (Å²) in [7, 11) is 0. The van der Waals surface area contributed by atoms with Crippen molar-refractivity contribution in [2.45, 2.75) is 78.3 Å². The van der Waals surface area contributed by atoms with Crippen molar-refractivity contribution in [2.24, 2.45) is 5.92 Å². The Morgan fingerprint density at radius 1 is 1.19 bits per heavy atom. The molecule has 1 rings (SSSR count). The molecule has 1 aliphatic rings. The van der Waals surface area contributed by atoms with Gasteiger partial charge in [-0.1, -0.05) is 41.0 Å². The second kappa shape index (κ2) is 9.81. The van der Waals surface area contributed by atoms with Crippen molar-refractivity contribution in [3.8, 4) is 0 Å². The largest absolute Gasteiger partial charge is 0.380 e. The second-order valence-electron chi connectivity index (χ2n) is 7.04. The summed E-state index contributed by atoms with van der Waals surface area (Å²) in [4.78, 5) is 2.71. The molecule has 0 saturated carbocycles. The summed E-state index contributed by atoms with van der Waals surface area (Å²) in [6, 6.07) is 0.664. The summed E-state index contributed by atoms with van der Waals surface area (Å²) >= 11 is 0. The van der Waals surface area contributed by atoms with Crippen LogP contribution in [-0.2, 0) is 4.74 Å². The molecule has 126 valence electrons. The lowest BCUT2D eigenvalue weighted by Gasteiger charge is -2.49. The van der Waals surface area contributed by atoms with E-state index in [1.54, 1.807) is 0 Å². The van der Waals surface area contributed by atoms with Crippen LogP contribution in [0.15, 0.2) is 0 Å². The van der Waals surface area contributed by atoms with Crippen LogP contribution < -0.4 is 5.32 Å². The lowest BCUT2D eigenvalue weighted by atomic mass is 9.86. The molecule has 0 aromatic heterocycles. The Morgan fingerprint density at radius 2 is 1.90 bits per heavy atom. The van der Waals surface area contributed by atoms with Gasteiger partial charge in [-0.3, -0.25) is 4.90 Å². The smallest absolute Gasteiger partial charge is 0.0593 e. The maximum atomic E-state index is 5.86. The number of rotatable bonds is 10. The molecule has 21 heavy (non-hydrogen) atoms. The topological polar surface area (TPSA) is 24.5 Å². The highest BCUT2D eigenvalue weighted by Crippen LogP contribution is 2.27. The van der Waals surface area contributed by atoms with Crippen molar-refractivity contribution in [1.29, 1.82) is 0 Å². The monoisotopic (exact) mass is 298 g/mol. The molecule has 1 aliphatic heterocycles. The van der Waals surface area contributed by atoms with E-state index in [2.05, 4.69) is 44.8 Å². The van der Waals surface area contributed by atoms with Crippen LogP contribution in [-0.4, -0.2) is 49.3 Å². The predicted octanol–water partition coefficient (Wildman–Crippen LogP) is 3.68. The van der Waals surface area contributed by atoms with Crippen LogP contribution in [0.1, 0.15) is 66.7 Å². The van der Waals surface area contributed by atoms with Crippen molar-refractivity contribution >= 4 is 0 Å². The van der Waals surface area contributed by atoms with Crippen molar-refractivity contribution in [1.82, 2.24) is 10.2 Å². The lowest BCUT2D eigenvalue weighted by molar-refractivity contribution is 0.00214. The molecule has 1 saturated heterocycles. The maximum absolute atomic E-state index is 5.86. The number of ether oxygens (including phenoxy) is 1. The van der Waals surface area contributed by atoms with E-state index in [0.717, 1.165) is 32.2 Å². The first kappa shape index (κ1) is 18.9. The molecule has 0 aliphatic carbocycles. The molecular formula is C18H38N2O. The Kier molecular flexibility index (Phi) is 8.84. The first-order valence-corrected chi connectivity index (χ1v) is 9.14. The fourth-order valence-electron chi connectivity index (χ4n) is 3.38. The summed E-state index contributed by atoms with van der Waals surface area (Å²) in [6.45, 7) is 16.7. The van der Waals surface area contributed by atoms with Crippen molar-refractivity contribution in [2.75, 3.05) is 32.8 Å². The zero-order valence-electron chi connectivity index (χ0n) is 15.1. The highest BCUT2D eigenvalue weighted by molar-refractivity contribution is 4.97. The Balaban J connectivity index is 2.46. The predicted molar refractivity (Wildman–Crippen MR) is 91.9 cm³/mol. The molecule has 3 heteroatoms. The van der Waals surface area contributed by atoms with E-state index in [0.29, 0.717) is 11.6 Å². The molecule has 0 spiro atoms. The standard InChI is InChI=1S/C18H38N2O/c1-6-9-17-14-20(11-13-21-12-10-16(4)5)18(7-2,8-3)15-19-17/h16-17,19H,6-15H2,1-5H3. The normalized spacial score (nSPS) is 22.9. The third-order valence-electron chi connectivity index (χ3n) is 5.13. The lowest BCUT2D eigenvalue weighted by Crippen LogP contribution is -2.64. The number of hydrogen-bond donors (Lipinski definition) is 1. The van der Waals surface area contributed by atoms with Crippen molar-refractivity contribution in [3.63, 3.8) is 0 Å². The first-order valence-electron chi connectivity index (χ1n) is 9.14. The molecular weight excluding hydrogens is 260 g/mol. The fourth-order valence-corrected chi connectivity index (χ4v) is 3.38. The number of hydrogen-bond acceptors (Lipinski definition) is 3. The Hall–Kier alpha value is -0.120. The van der Waals surface area contributed by atoms with Gasteiger partial charge in [0.2, 0.25) is 0 Å². The molecule has 0 bridgehead atoms. The summed E-state index contributed by atoms with van der Waals surface area (Å²) in [5.74, 6) is 0.739. The Bertz CT molecular complexity index is 264. The molecule has 3 nitrogen and oxygen atoms in total. The van der Waals surface area contributed by atoms with Gasteiger partial charge in [-0.2, -0.15) is 0 Å². The molecule has 0 aromatic rings. The van der Waals surface area contributed by atoms with Crippen LogP contribution in [0.25, 0.3) is 0 Å². The molecule has 0 amide bonds. The van der Waals surface area contributed by atoms with Crippen LogP contribution in [0.4, 0.5) is 0 Å². The van der Waals surface area contributed by atoms with Gasteiger partial charge < -0.3 is 10.1 Å². The van der Waals surface area contributed by atoms with Gasteiger partial charge in [0.25, 0.3) is 0 Å². The van der Waals surface area contributed by atoms with Gasteiger partial charge in [0.1, 0.15) is 0 Å². The van der Waals surface area contributed by atoms with Crippen molar-refractivity contribution in [3.05, 3.63) is 0 Å². The Labute approximate surface area is 132 Å². The van der Waals surface area contributed by atoms with E-state index in [4.69, 9.17) is 4.74 Å². The third-order valence-corrected chi connectivity index (χ3v) is 5.13. The quantitative estimate of drug-likeness (QED) is 0.623. The average Bonchev–Trinajstić information content (AvgIpc) is 2.47.